The van der Waals surface area contributed by atoms with Crippen LogP contribution >= 0.6 is 27.5 Å². The van der Waals surface area contributed by atoms with Gasteiger partial charge in [-0.1, -0.05) is 53.4 Å². The fourth-order valence-electron chi connectivity index (χ4n) is 2.06. The van der Waals surface area contributed by atoms with Crippen LogP contribution in [0.3, 0.4) is 0 Å². The summed E-state index contributed by atoms with van der Waals surface area (Å²) < 4.78 is 2.73. The molecule has 1 aromatic heterocycles. The van der Waals surface area contributed by atoms with E-state index in [1.54, 1.807) is 0 Å². The number of halogens is 2. The summed E-state index contributed by atoms with van der Waals surface area (Å²) in [6.45, 7) is 4.54. The molecule has 2 N–H and O–H groups in total. The highest BCUT2D eigenvalue weighted by Crippen LogP contribution is 2.35. The van der Waals surface area contributed by atoms with E-state index in [9.17, 15) is 0 Å². The van der Waals surface area contributed by atoms with Gasteiger partial charge in [0.05, 0.1) is 6.54 Å². The molecule has 0 fully saturated rings. The first-order valence-corrected chi connectivity index (χ1v) is 7.37. The fraction of sp³-hybridized carbons (Fsp3) is 0.267. The Morgan fingerprint density at radius 3 is 2.75 bits per heavy atom. The average molecular weight is 353 g/mol. The zero-order valence-electron chi connectivity index (χ0n) is 11.3. The first-order valence-electron chi connectivity index (χ1n) is 6.20. The number of benzene rings is 1. The normalized spacial score (nSPS) is 10.8. The number of hydrogen-bond acceptors (Lipinski definition) is 2. The van der Waals surface area contributed by atoms with Crippen molar-refractivity contribution in [3.63, 3.8) is 0 Å². The molecule has 20 heavy (non-hydrogen) atoms. The van der Waals surface area contributed by atoms with Crippen molar-refractivity contribution in [2.75, 3.05) is 5.73 Å². The van der Waals surface area contributed by atoms with Crippen LogP contribution in [0.25, 0.3) is 11.3 Å². The lowest BCUT2D eigenvalue weighted by Crippen LogP contribution is -2.07. The van der Waals surface area contributed by atoms with Crippen LogP contribution in [0.4, 0.5) is 5.82 Å². The Bertz CT molecular complexity index is 683. The third kappa shape index (κ3) is 2.70. The predicted molar refractivity (Wildman–Crippen MR) is 87.7 cm³/mol. The summed E-state index contributed by atoms with van der Waals surface area (Å²) in [5.41, 5.74) is 7.85. The third-order valence-electron chi connectivity index (χ3n) is 2.99. The SMILES string of the molecule is C#CCn1c(C(C)C)nc(-c2ccc(Cl)cc2Br)c1N. The van der Waals surface area contributed by atoms with Gasteiger partial charge in [-0.3, -0.25) is 0 Å². The number of aromatic nitrogens is 2. The molecule has 0 aliphatic heterocycles. The Morgan fingerprint density at radius 2 is 2.20 bits per heavy atom. The summed E-state index contributed by atoms with van der Waals surface area (Å²) in [6.07, 6.45) is 5.42. The molecule has 0 unspecified atom stereocenters. The van der Waals surface area contributed by atoms with Gasteiger partial charge < -0.3 is 10.3 Å². The zero-order chi connectivity index (χ0) is 14.9. The van der Waals surface area contributed by atoms with Gasteiger partial charge >= 0.3 is 0 Å². The zero-order valence-corrected chi connectivity index (χ0v) is 13.7. The first kappa shape index (κ1) is 15.0. The van der Waals surface area contributed by atoms with Gasteiger partial charge in [0.1, 0.15) is 17.3 Å². The molecule has 0 saturated heterocycles. The van der Waals surface area contributed by atoms with Crippen LogP contribution in [-0.2, 0) is 6.54 Å². The number of nitrogen functional groups attached to an aromatic ring is 1. The van der Waals surface area contributed by atoms with E-state index in [0.29, 0.717) is 17.4 Å². The Labute approximate surface area is 132 Å². The number of terminal acetylenes is 1. The molecular formula is C15H15BrClN3. The topological polar surface area (TPSA) is 43.8 Å². The van der Waals surface area contributed by atoms with E-state index < -0.39 is 0 Å². The van der Waals surface area contributed by atoms with Crippen molar-refractivity contribution in [3.05, 3.63) is 33.5 Å². The van der Waals surface area contributed by atoms with Crippen molar-refractivity contribution in [1.29, 1.82) is 0 Å². The summed E-state index contributed by atoms with van der Waals surface area (Å²) in [7, 11) is 0. The lowest BCUT2D eigenvalue weighted by molar-refractivity contribution is 0.691. The van der Waals surface area contributed by atoms with Crippen molar-refractivity contribution < 1.29 is 0 Å². The monoisotopic (exact) mass is 351 g/mol. The highest BCUT2D eigenvalue weighted by Gasteiger charge is 2.19. The maximum atomic E-state index is 6.22. The van der Waals surface area contributed by atoms with Crippen LogP contribution < -0.4 is 5.73 Å². The number of nitrogens with zero attached hydrogens (tertiary/aromatic N) is 2. The van der Waals surface area contributed by atoms with Gasteiger partial charge in [-0.05, 0) is 12.1 Å². The third-order valence-corrected chi connectivity index (χ3v) is 3.88. The van der Waals surface area contributed by atoms with Gasteiger partial charge in [-0.25, -0.2) is 4.98 Å². The van der Waals surface area contributed by atoms with Crippen molar-refractivity contribution in [2.24, 2.45) is 0 Å². The summed E-state index contributed by atoms with van der Waals surface area (Å²) in [4.78, 5) is 4.66. The Balaban J connectivity index is 2.63. The molecule has 0 saturated carbocycles. The number of imidazole rings is 1. The van der Waals surface area contributed by atoms with Gasteiger partial charge in [-0.15, -0.1) is 6.42 Å². The van der Waals surface area contributed by atoms with Gasteiger partial charge in [0.15, 0.2) is 0 Å². The summed E-state index contributed by atoms with van der Waals surface area (Å²) in [5.74, 6) is 4.32. The highest BCUT2D eigenvalue weighted by atomic mass is 79.9. The van der Waals surface area contributed by atoms with E-state index >= 15 is 0 Å². The van der Waals surface area contributed by atoms with Crippen LogP contribution in [0.15, 0.2) is 22.7 Å². The van der Waals surface area contributed by atoms with E-state index in [1.165, 1.54) is 0 Å². The molecule has 0 aliphatic rings. The van der Waals surface area contributed by atoms with Crippen LogP contribution in [0.2, 0.25) is 5.02 Å². The van der Waals surface area contributed by atoms with Crippen LogP contribution in [-0.4, -0.2) is 9.55 Å². The molecule has 0 spiro atoms. The van der Waals surface area contributed by atoms with Gasteiger partial charge in [-0.2, -0.15) is 0 Å². The quantitative estimate of drug-likeness (QED) is 0.837. The molecule has 5 heteroatoms. The lowest BCUT2D eigenvalue weighted by atomic mass is 10.1. The van der Waals surface area contributed by atoms with Gasteiger partial charge in [0, 0.05) is 21.0 Å². The minimum absolute atomic E-state index is 0.241. The fourth-order valence-corrected chi connectivity index (χ4v) is 2.93. The summed E-state index contributed by atoms with van der Waals surface area (Å²) in [5, 5.41) is 0.659. The second-order valence-electron chi connectivity index (χ2n) is 4.77. The standard InChI is InChI=1S/C15H15BrClN3/c1-4-7-20-14(18)13(19-15(20)9(2)3)11-6-5-10(17)8-12(11)16/h1,5-6,8-9H,7,18H2,2-3H3. The van der Waals surface area contributed by atoms with Crippen molar-refractivity contribution >= 4 is 33.3 Å². The molecule has 104 valence electrons. The minimum atomic E-state index is 0.241. The molecule has 0 atom stereocenters. The van der Waals surface area contributed by atoms with Crippen molar-refractivity contribution in [3.8, 4) is 23.6 Å². The van der Waals surface area contributed by atoms with E-state index in [2.05, 4.69) is 40.7 Å². The smallest absolute Gasteiger partial charge is 0.132 e. The molecule has 0 radical (unpaired) electrons. The lowest BCUT2D eigenvalue weighted by Gasteiger charge is -2.08. The largest absolute Gasteiger partial charge is 0.383 e. The van der Waals surface area contributed by atoms with Gasteiger partial charge in [0.2, 0.25) is 0 Å². The predicted octanol–water partition coefficient (Wildman–Crippen LogP) is 4.30. The van der Waals surface area contributed by atoms with Crippen LogP contribution in [0.5, 0.6) is 0 Å². The van der Waals surface area contributed by atoms with E-state index in [0.717, 1.165) is 21.6 Å². The second kappa shape index (κ2) is 5.90. The number of anilines is 1. The van der Waals surface area contributed by atoms with E-state index in [-0.39, 0.29) is 5.92 Å². The molecule has 1 heterocycles. The van der Waals surface area contributed by atoms with Crippen molar-refractivity contribution in [1.82, 2.24) is 9.55 Å². The molecule has 3 nitrogen and oxygen atoms in total. The molecule has 2 rings (SSSR count). The Kier molecular flexibility index (Phi) is 4.42. The molecular weight excluding hydrogens is 338 g/mol. The molecule has 2 aromatic rings. The Morgan fingerprint density at radius 1 is 1.50 bits per heavy atom. The molecule has 0 aliphatic carbocycles. The maximum absolute atomic E-state index is 6.22. The summed E-state index contributed by atoms with van der Waals surface area (Å²) in [6, 6.07) is 5.54. The number of nitrogens with two attached hydrogens (primary N) is 1. The number of hydrogen-bond donors (Lipinski definition) is 1. The first-order chi connectivity index (χ1) is 9.45. The molecule has 0 amide bonds. The summed E-state index contributed by atoms with van der Waals surface area (Å²) >= 11 is 9.47. The Hall–Kier alpha value is -1.44. The highest BCUT2D eigenvalue weighted by molar-refractivity contribution is 9.10. The minimum Gasteiger partial charge on any atom is -0.383 e. The average Bonchev–Trinajstić information content (AvgIpc) is 2.68. The second-order valence-corrected chi connectivity index (χ2v) is 6.06. The van der Waals surface area contributed by atoms with E-state index in [4.69, 9.17) is 23.8 Å². The van der Waals surface area contributed by atoms with Crippen LogP contribution in [0, 0.1) is 12.3 Å². The maximum Gasteiger partial charge on any atom is 0.132 e. The molecule has 1 aromatic carbocycles. The van der Waals surface area contributed by atoms with Gasteiger partial charge in [0.25, 0.3) is 0 Å². The molecule has 0 bridgehead atoms. The van der Waals surface area contributed by atoms with Crippen LogP contribution in [0.1, 0.15) is 25.6 Å². The van der Waals surface area contributed by atoms with Crippen molar-refractivity contribution in [2.45, 2.75) is 26.3 Å². The van der Waals surface area contributed by atoms with E-state index in [1.807, 2.05) is 22.8 Å². The number of rotatable bonds is 3.